The zero-order valence-electron chi connectivity index (χ0n) is 29.6. The third kappa shape index (κ3) is 27.7. The average Bonchev–Trinajstić information content (AvgIpc) is 3.02. The standard InChI is InChI=1S/C39H70Cl2N4/c1-3-5-7-9-11-13-15-17-19-21-23-25-27-29-31-33-35-45(39-43-37(40)42-38(41)44-39)36-34-32-30-28-26-24-22-20-18-16-14-12-10-8-6-4-2/h17-20H,3-16,21-36H2,1-2H3/b19-17-,20-18-. The summed E-state index contributed by atoms with van der Waals surface area (Å²) in [7, 11) is 0. The number of unbranched alkanes of at least 4 members (excludes halogenated alkanes) is 24. The van der Waals surface area contributed by atoms with Gasteiger partial charge in [-0.1, -0.05) is 154 Å². The number of anilines is 1. The maximum absolute atomic E-state index is 6.12. The molecular formula is C39H70Cl2N4. The Labute approximate surface area is 289 Å². The molecule has 0 aliphatic carbocycles. The van der Waals surface area contributed by atoms with Gasteiger partial charge in [0.05, 0.1) is 0 Å². The predicted molar refractivity (Wildman–Crippen MR) is 201 cm³/mol. The molecule has 0 N–H and O–H groups in total. The van der Waals surface area contributed by atoms with Crippen molar-refractivity contribution in [1.29, 1.82) is 0 Å². The summed E-state index contributed by atoms with van der Waals surface area (Å²) in [5.41, 5.74) is 0. The Morgan fingerprint density at radius 3 is 1.02 bits per heavy atom. The van der Waals surface area contributed by atoms with Crippen molar-refractivity contribution in [2.45, 2.75) is 194 Å². The monoisotopic (exact) mass is 664 g/mol. The molecule has 1 heterocycles. The summed E-state index contributed by atoms with van der Waals surface area (Å²) in [6.07, 6.45) is 46.6. The van der Waals surface area contributed by atoms with E-state index in [1.165, 1.54) is 167 Å². The summed E-state index contributed by atoms with van der Waals surface area (Å²) in [6, 6.07) is 0. The third-order valence-corrected chi connectivity index (χ3v) is 9.07. The normalized spacial score (nSPS) is 11.8. The van der Waals surface area contributed by atoms with E-state index in [1.807, 2.05) is 0 Å². The largest absolute Gasteiger partial charge is 0.341 e. The van der Waals surface area contributed by atoms with Crippen LogP contribution in [0.4, 0.5) is 5.95 Å². The molecule has 45 heavy (non-hydrogen) atoms. The van der Waals surface area contributed by atoms with Gasteiger partial charge in [0.25, 0.3) is 0 Å². The third-order valence-electron chi connectivity index (χ3n) is 8.73. The van der Waals surface area contributed by atoms with Gasteiger partial charge in [-0.3, -0.25) is 0 Å². The van der Waals surface area contributed by atoms with E-state index in [9.17, 15) is 0 Å². The fourth-order valence-electron chi connectivity index (χ4n) is 5.87. The van der Waals surface area contributed by atoms with E-state index in [1.54, 1.807) is 0 Å². The van der Waals surface area contributed by atoms with Crippen LogP contribution in [0, 0.1) is 0 Å². The first-order valence-corrected chi connectivity index (χ1v) is 20.0. The van der Waals surface area contributed by atoms with Crippen LogP contribution in [0.15, 0.2) is 24.3 Å². The van der Waals surface area contributed by atoms with Gasteiger partial charge < -0.3 is 4.90 Å². The number of halogens is 2. The number of allylic oxidation sites excluding steroid dienone is 4. The topological polar surface area (TPSA) is 41.9 Å². The second kappa shape index (κ2) is 32.8. The number of hydrogen-bond acceptors (Lipinski definition) is 4. The van der Waals surface area contributed by atoms with Crippen molar-refractivity contribution in [3.8, 4) is 0 Å². The maximum atomic E-state index is 6.12. The Bertz CT molecular complexity index is 767. The second-order valence-corrected chi connectivity index (χ2v) is 13.7. The summed E-state index contributed by atoms with van der Waals surface area (Å²) in [6.45, 7) is 6.46. The molecule has 260 valence electrons. The Morgan fingerprint density at radius 1 is 0.400 bits per heavy atom. The van der Waals surface area contributed by atoms with E-state index in [0.717, 1.165) is 25.9 Å². The van der Waals surface area contributed by atoms with Gasteiger partial charge in [-0.05, 0) is 87.4 Å². The number of aromatic nitrogens is 3. The molecule has 1 rings (SSSR count). The van der Waals surface area contributed by atoms with Crippen LogP contribution in [-0.2, 0) is 0 Å². The van der Waals surface area contributed by atoms with Gasteiger partial charge in [0.2, 0.25) is 16.5 Å². The van der Waals surface area contributed by atoms with Crippen LogP contribution in [0.1, 0.15) is 194 Å². The highest BCUT2D eigenvalue weighted by Crippen LogP contribution is 2.18. The van der Waals surface area contributed by atoms with Gasteiger partial charge in [0.15, 0.2) is 0 Å². The molecule has 0 atom stereocenters. The van der Waals surface area contributed by atoms with E-state index in [4.69, 9.17) is 23.2 Å². The highest BCUT2D eigenvalue weighted by Gasteiger charge is 2.12. The Balaban J connectivity index is 2.12. The Morgan fingerprint density at radius 2 is 0.689 bits per heavy atom. The first-order chi connectivity index (χ1) is 22.2. The SMILES string of the molecule is CCCCCCCC/C=C\CCCCCCCCN(CCCCCCCC/C=C\CCCCCCCC)c1nc(Cl)nc(Cl)n1. The van der Waals surface area contributed by atoms with Crippen LogP contribution < -0.4 is 4.90 Å². The summed E-state index contributed by atoms with van der Waals surface area (Å²) in [4.78, 5) is 15.0. The van der Waals surface area contributed by atoms with Gasteiger partial charge >= 0.3 is 0 Å². The van der Waals surface area contributed by atoms with Gasteiger partial charge in [0, 0.05) is 13.1 Å². The van der Waals surface area contributed by atoms with E-state index >= 15 is 0 Å². The molecule has 0 radical (unpaired) electrons. The molecule has 4 nitrogen and oxygen atoms in total. The molecule has 0 spiro atoms. The zero-order chi connectivity index (χ0) is 32.5. The molecule has 0 amide bonds. The minimum absolute atomic E-state index is 0.178. The molecule has 0 aliphatic heterocycles. The minimum atomic E-state index is 0.178. The summed E-state index contributed by atoms with van der Waals surface area (Å²) >= 11 is 12.2. The molecule has 1 aromatic heterocycles. The number of hydrogen-bond donors (Lipinski definition) is 0. The van der Waals surface area contributed by atoms with Crippen LogP contribution in [0.2, 0.25) is 10.6 Å². The van der Waals surface area contributed by atoms with Crippen molar-refractivity contribution in [3.05, 3.63) is 34.9 Å². The lowest BCUT2D eigenvalue weighted by atomic mass is 10.1. The Kier molecular flexibility index (Phi) is 30.5. The van der Waals surface area contributed by atoms with Gasteiger partial charge in [0.1, 0.15) is 0 Å². The van der Waals surface area contributed by atoms with Gasteiger partial charge in [-0.25, -0.2) is 0 Å². The molecule has 0 fully saturated rings. The number of rotatable bonds is 33. The summed E-state index contributed by atoms with van der Waals surface area (Å²) < 4.78 is 0. The minimum Gasteiger partial charge on any atom is -0.341 e. The number of nitrogens with zero attached hydrogens (tertiary/aromatic N) is 4. The van der Waals surface area contributed by atoms with Crippen LogP contribution in [0.25, 0.3) is 0 Å². The molecule has 1 aromatic rings. The maximum Gasteiger partial charge on any atom is 0.230 e. The molecule has 0 bridgehead atoms. The predicted octanol–water partition coefficient (Wildman–Crippen LogP) is 14.1. The fourth-order valence-corrected chi connectivity index (χ4v) is 6.22. The van der Waals surface area contributed by atoms with Crippen molar-refractivity contribution in [2.75, 3.05) is 18.0 Å². The molecule has 0 aliphatic rings. The Hall–Kier alpha value is -1.13. The van der Waals surface area contributed by atoms with Crippen molar-refractivity contribution >= 4 is 29.2 Å². The van der Waals surface area contributed by atoms with Crippen molar-refractivity contribution in [1.82, 2.24) is 15.0 Å². The highest BCUT2D eigenvalue weighted by atomic mass is 35.5. The lowest BCUT2D eigenvalue weighted by Gasteiger charge is -2.22. The fraction of sp³-hybridized carbons (Fsp3) is 0.821. The molecular weight excluding hydrogens is 595 g/mol. The van der Waals surface area contributed by atoms with E-state index < -0.39 is 0 Å². The molecule has 6 heteroatoms. The summed E-state index contributed by atoms with van der Waals surface area (Å²) in [5.74, 6) is 0.625. The van der Waals surface area contributed by atoms with E-state index in [2.05, 4.69) is 58.0 Å². The zero-order valence-corrected chi connectivity index (χ0v) is 31.1. The van der Waals surface area contributed by atoms with Crippen LogP contribution in [-0.4, -0.2) is 28.0 Å². The van der Waals surface area contributed by atoms with Gasteiger partial charge in [-0.2, -0.15) is 15.0 Å². The van der Waals surface area contributed by atoms with Gasteiger partial charge in [-0.15, -0.1) is 0 Å². The lowest BCUT2D eigenvalue weighted by molar-refractivity contribution is 0.564. The molecule has 0 saturated carbocycles. The molecule has 0 saturated heterocycles. The van der Waals surface area contributed by atoms with Crippen LogP contribution in [0.3, 0.4) is 0 Å². The quantitative estimate of drug-likeness (QED) is 0.0553. The first-order valence-electron chi connectivity index (χ1n) is 19.3. The summed E-state index contributed by atoms with van der Waals surface area (Å²) in [5, 5.41) is 0.356. The van der Waals surface area contributed by atoms with E-state index in [-0.39, 0.29) is 10.6 Å². The highest BCUT2D eigenvalue weighted by molar-refractivity contribution is 6.31. The molecule has 0 unspecified atom stereocenters. The average molecular weight is 666 g/mol. The molecule has 0 aromatic carbocycles. The van der Waals surface area contributed by atoms with E-state index in [0.29, 0.717) is 5.95 Å². The van der Waals surface area contributed by atoms with Crippen molar-refractivity contribution < 1.29 is 0 Å². The smallest absolute Gasteiger partial charge is 0.230 e. The lowest BCUT2D eigenvalue weighted by Crippen LogP contribution is -2.28. The second-order valence-electron chi connectivity index (χ2n) is 13.0. The first kappa shape index (κ1) is 41.9. The van der Waals surface area contributed by atoms with Crippen molar-refractivity contribution in [3.63, 3.8) is 0 Å². The van der Waals surface area contributed by atoms with Crippen LogP contribution >= 0.6 is 23.2 Å². The van der Waals surface area contributed by atoms with Crippen molar-refractivity contribution in [2.24, 2.45) is 0 Å². The van der Waals surface area contributed by atoms with Crippen LogP contribution in [0.5, 0.6) is 0 Å².